The minimum atomic E-state index is 0.0133. The van der Waals surface area contributed by atoms with Gasteiger partial charge in [0.1, 0.15) is 0 Å². The van der Waals surface area contributed by atoms with Gasteiger partial charge in [-0.05, 0) is 180 Å². The van der Waals surface area contributed by atoms with Crippen molar-refractivity contribution in [3.63, 3.8) is 0 Å². The van der Waals surface area contributed by atoms with Gasteiger partial charge >= 0.3 is 0 Å². The van der Waals surface area contributed by atoms with Crippen molar-refractivity contribution in [2.24, 2.45) is 11.8 Å². The summed E-state index contributed by atoms with van der Waals surface area (Å²) in [4.78, 5) is 4.93. The maximum atomic E-state index is 6.75. The second kappa shape index (κ2) is 12.5. The van der Waals surface area contributed by atoms with Gasteiger partial charge in [0.25, 0.3) is 0 Å². The molecular formula is C56H58N2O2. The van der Waals surface area contributed by atoms with Gasteiger partial charge in [0.2, 0.25) is 0 Å². The average Bonchev–Trinajstić information content (AvgIpc) is 3.65. The molecule has 2 heterocycles. The Morgan fingerprint density at radius 3 is 1.17 bits per heavy atom. The molecule has 0 bridgehead atoms. The van der Waals surface area contributed by atoms with Crippen molar-refractivity contribution in [2.45, 2.75) is 117 Å². The molecule has 0 unspecified atom stereocenters. The molecular weight excluding hydrogens is 733 g/mol. The van der Waals surface area contributed by atoms with Gasteiger partial charge in [-0.1, -0.05) is 91.8 Å². The average molecular weight is 791 g/mol. The van der Waals surface area contributed by atoms with E-state index in [2.05, 4.69) is 188 Å². The van der Waals surface area contributed by atoms with Gasteiger partial charge < -0.3 is 19.3 Å². The Bertz CT molecular complexity index is 2580. The molecule has 0 saturated heterocycles. The highest BCUT2D eigenvalue weighted by Crippen LogP contribution is 2.72. The lowest BCUT2D eigenvalue weighted by molar-refractivity contribution is 0.299. The Hall–Kier alpha value is -5.48. The van der Waals surface area contributed by atoms with Gasteiger partial charge in [0.05, 0.1) is 22.7 Å². The van der Waals surface area contributed by atoms with Crippen LogP contribution in [0.2, 0.25) is 0 Å². The van der Waals surface area contributed by atoms with Crippen LogP contribution in [-0.2, 0) is 21.7 Å². The van der Waals surface area contributed by atoms with Crippen LogP contribution in [0.3, 0.4) is 0 Å². The summed E-state index contributed by atoms with van der Waals surface area (Å²) in [5.74, 6) is 4.91. The zero-order valence-corrected chi connectivity index (χ0v) is 37.1. The number of aryl methyl sites for hydroxylation is 2. The first-order chi connectivity index (χ1) is 28.5. The van der Waals surface area contributed by atoms with Gasteiger partial charge in [-0.2, -0.15) is 0 Å². The first kappa shape index (κ1) is 37.5. The fraction of sp³-hybridized carbons (Fsp3) is 0.357. The van der Waals surface area contributed by atoms with E-state index in [-0.39, 0.29) is 21.7 Å². The Labute approximate surface area is 357 Å². The second-order valence-corrected chi connectivity index (χ2v) is 21.3. The third kappa shape index (κ3) is 5.34. The summed E-state index contributed by atoms with van der Waals surface area (Å²) < 4.78 is 13.5. The Balaban J connectivity index is 1.11. The highest BCUT2D eigenvalue weighted by atomic mass is 16.5. The van der Waals surface area contributed by atoms with Crippen LogP contribution < -0.4 is 19.3 Å². The van der Waals surface area contributed by atoms with Crippen LogP contribution in [0.4, 0.5) is 34.1 Å². The third-order valence-electron chi connectivity index (χ3n) is 14.8. The summed E-state index contributed by atoms with van der Waals surface area (Å²) in [7, 11) is 0. The molecule has 6 aromatic rings. The molecule has 4 heteroatoms. The molecule has 0 spiro atoms. The van der Waals surface area contributed by atoms with Gasteiger partial charge in [-0.3, -0.25) is 0 Å². The number of hydrogen-bond donors (Lipinski definition) is 0. The number of nitrogens with zero attached hydrogens (tertiary/aromatic N) is 2. The standard InChI is InChI=1S/C56H58N2O2/c1-33-11-19-45-49(23-33)59-51-25-37(53(5,6)7)13-21-47(51)57(45)39-15-17-41-42-18-16-40(28-44(42)56-31-35(3)29-55(56,43(41)27-39)30-36(4)32-56)58-46-20-12-34(2)24-50(46)60-52-26-38(54(8,9)10)14-22-48(52)58/h11-28,35-36H,29-32H2,1-10H3. The molecule has 5 aliphatic rings. The highest BCUT2D eigenvalue weighted by Gasteiger charge is 2.65. The maximum absolute atomic E-state index is 6.75. The summed E-state index contributed by atoms with van der Waals surface area (Å²) in [6, 6.07) is 41.8. The van der Waals surface area contributed by atoms with E-state index < -0.39 is 0 Å². The molecule has 4 nitrogen and oxygen atoms in total. The third-order valence-corrected chi connectivity index (χ3v) is 14.8. The molecule has 3 aliphatic carbocycles. The van der Waals surface area contributed by atoms with Crippen LogP contribution in [-0.4, -0.2) is 0 Å². The fourth-order valence-corrected chi connectivity index (χ4v) is 12.4. The van der Waals surface area contributed by atoms with Crippen LogP contribution in [0.1, 0.15) is 114 Å². The van der Waals surface area contributed by atoms with E-state index in [1.165, 1.54) is 81.6 Å². The lowest BCUT2D eigenvalue weighted by Gasteiger charge is -2.48. The Morgan fingerprint density at radius 1 is 0.450 bits per heavy atom. The monoisotopic (exact) mass is 790 g/mol. The molecule has 0 radical (unpaired) electrons. The van der Waals surface area contributed by atoms with Crippen molar-refractivity contribution in [2.75, 3.05) is 9.80 Å². The van der Waals surface area contributed by atoms with E-state index in [4.69, 9.17) is 9.47 Å². The molecule has 0 N–H and O–H groups in total. The fourth-order valence-electron chi connectivity index (χ4n) is 12.4. The zero-order valence-electron chi connectivity index (χ0n) is 37.1. The second-order valence-electron chi connectivity index (χ2n) is 21.3. The van der Waals surface area contributed by atoms with E-state index in [1.807, 2.05) is 0 Å². The van der Waals surface area contributed by atoms with E-state index in [0.29, 0.717) is 11.8 Å². The lowest BCUT2D eigenvalue weighted by atomic mass is 9.55. The molecule has 0 atom stereocenters. The molecule has 11 rings (SSSR count). The molecule has 60 heavy (non-hydrogen) atoms. The predicted molar refractivity (Wildman–Crippen MR) is 248 cm³/mol. The number of fused-ring (bicyclic) bond motifs is 7. The summed E-state index contributed by atoms with van der Waals surface area (Å²) in [5.41, 5.74) is 17.7. The van der Waals surface area contributed by atoms with Gasteiger partial charge in [0.15, 0.2) is 23.0 Å². The Morgan fingerprint density at radius 2 is 0.800 bits per heavy atom. The first-order valence-electron chi connectivity index (χ1n) is 22.3. The Kier molecular flexibility index (Phi) is 7.84. The maximum Gasteiger partial charge on any atom is 0.151 e. The van der Waals surface area contributed by atoms with Crippen molar-refractivity contribution < 1.29 is 9.47 Å². The molecule has 304 valence electrons. The molecule has 0 aromatic heterocycles. The summed E-state index contributed by atoms with van der Waals surface area (Å²) in [5, 5.41) is 0. The number of ether oxygens (including phenoxy) is 2. The van der Waals surface area contributed by atoms with Crippen LogP contribution in [0, 0.1) is 25.7 Å². The van der Waals surface area contributed by atoms with Crippen LogP contribution in [0.25, 0.3) is 11.1 Å². The van der Waals surface area contributed by atoms with Gasteiger partial charge in [0, 0.05) is 22.2 Å². The first-order valence-corrected chi connectivity index (χ1v) is 22.3. The van der Waals surface area contributed by atoms with Crippen LogP contribution in [0.15, 0.2) is 109 Å². The summed E-state index contributed by atoms with van der Waals surface area (Å²) in [6.45, 7) is 23.0. The van der Waals surface area contributed by atoms with Crippen molar-refractivity contribution in [1.82, 2.24) is 0 Å². The quantitative estimate of drug-likeness (QED) is 0.174. The van der Waals surface area contributed by atoms with E-state index in [0.717, 1.165) is 45.7 Å². The largest absolute Gasteiger partial charge is 0.453 e. The normalized spacial score (nSPS) is 23.2. The summed E-state index contributed by atoms with van der Waals surface area (Å²) >= 11 is 0. The minimum absolute atomic E-state index is 0.0133. The molecule has 2 aliphatic heterocycles. The smallest absolute Gasteiger partial charge is 0.151 e. The number of benzene rings is 6. The van der Waals surface area contributed by atoms with E-state index in [1.54, 1.807) is 0 Å². The van der Waals surface area contributed by atoms with E-state index >= 15 is 0 Å². The topological polar surface area (TPSA) is 24.9 Å². The van der Waals surface area contributed by atoms with Gasteiger partial charge in [-0.25, -0.2) is 0 Å². The number of anilines is 6. The predicted octanol–water partition coefficient (Wildman–Crippen LogP) is 16.1. The number of hydrogen-bond acceptors (Lipinski definition) is 4. The number of rotatable bonds is 2. The van der Waals surface area contributed by atoms with Crippen LogP contribution >= 0.6 is 0 Å². The molecule has 2 saturated carbocycles. The lowest BCUT2D eigenvalue weighted by Crippen LogP contribution is -2.43. The van der Waals surface area contributed by atoms with Gasteiger partial charge in [-0.15, -0.1) is 0 Å². The minimum Gasteiger partial charge on any atom is -0.453 e. The molecule has 6 aromatic carbocycles. The van der Waals surface area contributed by atoms with Crippen molar-refractivity contribution in [1.29, 1.82) is 0 Å². The SMILES string of the molecule is Cc1ccc2c(c1)Oc1cc(C(C)(C)C)ccc1N2c1ccc2c(c1)C13CC(C)CC1(CC(C)C3)c1cc(N3c4ccc(C)cc4Oc4cc(C(C)(C)C)ccc43)ccc1-2. The zero-order chi connectivity index (χ0) is 41.7. The van der Waals surface area contributed by atoms with Crippen molar-refractivity contribution in [3.05, 3.63) is 143 Å². The highest BCUT2D eigenvalue weighted by molar-refractivity contribution is 5.92. The van der Waals surface area contributed by atoms with Crippen molar-refractivity contribution >= 4 is 34.1 Å². The van der Waals surface area contributed by atoms with E-state index in [9.17, 15) is 0 Å². The van der Waals surface area contributed by atoms with Crippen LogP contribution in [0.5, 0.6) is 23.0 Å². The summed E-state index contributed by atoms with van der Waals surface area (Å²) in [6.07, 6.45) is 4.83. The van der Waals surface area contributed by atoms with Crippen molar-refractivity contribution in [3.8, 4) is 34.1 Å². The molecule has 2 fully saturated rings. The molecule has 0 amide bonds.